The number of alkyl halides is 2. The summed E-state index contributed by atoms with van der Waals surface area (Å²) in [6.07, 6.45) is -2.29. The van der Waals surface area contributed by atoms with Gasteiger partial charge in [0.1, 0.15) is 5.75 Å². The summed E-state index contributed by atoms with van der Waals surface area (Å²) in [4.78, 5) is 23.4. The predicted octanol–water partition coefficient (Wildman–Crippen LogP) is 4.22. The Labute approximate surface area is 168 Å². The number of esters is 1. The number of carboxylic acid groups (broad SMARTS) is 1. The van der Waals surface area contributed by atoms with Gasteiger partial charge < -0.3 is 14.9 Å². The van der Waals surface area contributed by atoms with Crippen LogP contribution in [0.2, 0.25) is 0 Å². The number of halogens is 4. The third-order valence-electron chi connectivity index (χ3n) is 3.17. The lowest BCUT2D eigenvalue weighted by Gasteiger charge is -2.24. The van der Waals surface area contributed by atoms with Crippen LogP contribution in [0.1, 0.15) is 22.0 Å². The number of carboxylic acids is 1. The van der Waals surface area contributed by atoms with Crippen LogP contribution in [-0.4, -0.2) is 28.1 Å². The van der Waals surface area contributed by atoms with Gasteiger partial charge in [-0.2, -0.15) is 8.78 Å². The average Bonchev–Trinajstić information content (AvgIpc) is 2.52. The number of benzene rings is 2. The van der Waals surface area contributed by atoms with Gasteiger partial charge >= 0.3 is 17.9 Å². The quantitative estimate of drug-likeness (QED) is 0.413. The van der Waals surface area contributed by atoms with Crippen LogP contribution in [0.5, 0.6) is 5.75 Å². The molecule has 2 rings (SSSR count). The number of hydrogen-bond donors (Lipinski definition) is 2. The summed E-state index contributed by atoms with van der Waals surface area (Å²) >= 11 is 3.51. The Morgan fingerprint density at radius 2 is 1.60 bits per heavy atom. The lowest BCUT2D eigenvalue weighted by Crippen LogP contribution is -2.38. The summed E-state index contributed by atoms with van der Waals surface area (Å²) in [5.41, 5.74) is -0.173. The van der Waals surface area contributed by atoms with Gasteiger partial charge in [0.25, 0.3) is 0 Å². The summed E-state index contributed by atoms with van der Waals surface area (Å²) in [6, 6.07) is 9.47. The van der Waals surface area contributed by atoms with E-state index in [-0.39, 0.29) is 24.0 Å². The molecule has 0 aliphatic carbocycles. The number of aliphatic carboxylic acids is 1. The molecule has 0 heterocycles. The van der Waals surface area contributed by atoms with Crippen LogP contribution < -0.4 is 0 Å². The molecule has 0 fully saturated rings. The van der Waals surface area contributed by atoms with Crippen molar-refractivity contribution >= 4 is 57.1 Å². The molecule has 9 heteroatoms. The summed E-state index contributed by atoms with van der Waals surface area (Å²) < 4.78 is 33.7. The second-order valence-corrected chi connectivity index (χ2v) is 7.23. The number of carbonyl (C=O) groups is 2. The number of hydrogen-bond acceptors (Lipinski definition) is 4. The zero-order chi connectivity index (χ0) is 18.8. The van der Waals surface area contributed by atoms with Gasteiger partial charge in [-0.25, -0.2) is 9.59 Å². The number of phenols is 1. The van der Waals surface area contributed by atoms with Crippen LogP contribution in [0.4, 0.5) is 8.78 Å². The van der Waals surface area contributed by atoms with Gasteiger partial charge in [-0.15, -0.1) is 0 Å². The maximum absolute atomic E-state index is 14.1. The molecule has 0 saturated carbocycles. The zero-order valence-electron chi connectivity index (χ0n) is 12.2. The Balaban J connectivity index is 2.44. The minimum absolute atomic E-state index is 0.0267. The molecule has 0 spiro atoms. The summed E-state index contributed by atoms with van der Waals surface area (Å²) in [7, 11) is 0. The van der Waals surface area contributed by atoms with Crippen molar-refractivity contribution in [2.24, 2.45) is 0 Å². The molecular weight excluding hydrogens is 564 g/mol. The van der Waals surface area contributed by atoms with E-state index in [2.05, 4.69) is 0 Å². The van der Waals surface area contributed by atoms with Crippen molar-refractivity contribution in [3.63, 3.8) is 0 Å². The first-order valence-electron chi connectivity index (χ1n) is 6.69. The molecule has 0 aliphatic rings. The molecule has 2 aromatic rings. The molecular formula is C16H10F2I2O5. The van der Waals surface area contributed by atoms with Crippen LogP contribution in [0, 0.1) is 7.14 Å². The van der Waals surface area contributed by atoms with E-state index in [1.807, 2.05) is 0 Å². The third-order valence-corrected chi connectivity index (χ3v) is 4.87. The first kappa shape index (κ1) is 19.8. The second kappa shape index (κ2) is 7.81. The average molecular weight is 574 g/mol. The van der Waals surface area contributed by atoms with Gasteiger partial charge in [-0.1, -0.05) is 30.3 Å². The van der Waals surface area contributed by atoms with Crippen molar-refractivity contribution in [2.75, 3.05) is 0 Å². The number of carbonyl (C=O) groups excluding carboxylic acids is 1. The van der Waals surface area contributed by atoms with E-state index >= 15 is 0 Å². The van der Waals surface area contributed by atoms with Gasteiger partial charge in [-0.3, -0.25) is 0 Å². The molecule has 1 unspecified atom stereocenters. The highest BCUT2D eigenvalue weighted by Gasteiger charge is 2.51. The predicted molar refractivity (Wildman–Crippen MR) is 101 cm³/mol. The number of aromatic hydroxyl groups is 1. The molecule has 1 atom stereocenters. The largest absolute Gasteiger partial charge is 0.508 e. The van der Waals surface area contributed by atoms with E-state index < -0.39 is 24.0 Å². The molecule has 2 N–H and O–H groups in total. The van der Waals surface area contributed by atoms with E-state index in [0.717, 1.165) is 0 Å². The molecule has 0 aliphatic heterocycles. The monoisotopic (exact) mass is 574 g/mol. The van der Waals surface area contributed by atoms with Crippen molar-refractivity contribution in [2.45, 2.75) is 12.0 Å². The standard InChI is InChI=1S/C16H10F2I2O5/c17-16(18,15(23)24)13(8-4-2-1-3-5-8)25-14(22)12-10(19)6-9(21)7-11(12)20/h1-7,13,21H,(H,23,24). The third kappa shape index (κ3) is 4.37. The Bertz CT molecular complexity index is 788. The van der Waals surface area contributed by atoms with Crippen molar-refractivity contribution < 1.29 is 33.3 Å². The molecule has 25 heavy (non-hydrogen) atoms. The Morgan fingerprint density at radius 1 is 1.08 bits per heavy atom. The molecule has 0 radical (unpaired) electrons. The van der Waals surface area contributed by atoms with E-state index in [9.17, 15) is 23.5 Å². The van der Waals surface area contributed by atoms with Crippen molar-refractivity contribution in [1.82, 2.24) is 0 Å². The SMILES string of the molecule is O=C(OC(c1ccccc1)C(F)(F)C(=O)O)c1c(I)cc(O)cc1I. The van der Waals surface area contributed by atoms with E-state index in [4.69, 9.17) is 9.84 Å². The molecule has 0 bridgehead atoms. The molecule has 0 aromatic heterocycles. The van der Waals surface area contributed by atoms with Gasteiger partial charge in [0.05, 0.1) is 5.56 Å². The normalized spacial score (nSPS) is 12.5. The van der Waals surface area contributed by atoms with Crippen molar-refractivity contribution in [1.29, 1.82) is 0 Å². The van der Waals surface area contributed by atoms with Crippen molar-refractivity contribution in [3.05, 3.63) is 60.7 Å². The highest BCUT2D eigenvalue weighted by Crippen LogP contribution is 2.36. The van der Waals surface area contributed by atoms with Gasteiger partial charge in [0.15, 0.2) is 0 Å². The maximum Gasteiger partial charge on any atom is 0.382 e. The minimum atomic E-state index is -4.31. The van der Waals surface area contributed by atoms with Crippen LogP contribution >= 0.6 is 45.2 Å². The topological polar surface area (TPSA) is 83.8 Å². The highest BCUT2D eigenvalue weighted by molar-refractivity contribution is 14.1. The fourth-order valence-electron chi connectivity index (χ4n) is 2.01. The first-order valence-corrected chi connectivity index (χ1v) is 8.85. The Kier molecular flexibility index (Phi) is 6.19. The molecule has 0 saturated heterocycles. The van der Waals surface area contributed by atoms with Crippen LogP contribution in [-0.2, 0) is 9.53 Å². The lowest BCUT2D eigenvalue weighted by molar-refractivity contribution is -0.183. The molecule has 5 nitrogen and oxygen atoms in total. The van der Waals surface area contributed by atoms with Gasteiger partial charge in [0, 0.05) is 7.14 Å². The van der Waals surface area contributed by atoms with E-state index in [1.165, 1.54) is 36.4 Å². The van der Waals surface area contributed by atoms with E-state index in [0.29, 0.717) is 0 Å². The fourth-order valence-corrected chi connectivity index (χ4v) is 4.19. The van der Waals surface area contributed by atoms with Crippen LogP contribution in [0.25, 0.3) is 0 Å². The van der Waals surface area contributed by atoms with Crippen LogP contribution in [0.15, 0.2) is 42.5 Å². The molecule has 0 amide bonds. The zero-order valence-corrected chi connectivity index (χ0v) is 16.6. The van der Waals surface area contributed by atoms with Gasteiger partial charge in [0.2, 0.25) is 6.10 Å². The summed E-state index contributed by atoms with van der Waals surface area (Å²) in [5.74, 6) is -7.92. The number of phenolic OH excluding ortho intramolecular Hbond substituents is 1. The van der Waals surface area contributed by atoms with E-state index in [1.54, 1.807) is 51.2 Å². The Hall–Kier alpha value is -1.50. The fraction of sp³-hybridized carbons (Fsp3) is 0.125. The highest BCUT2D eigenvalue weighted by atomic mass is 127. The molecule has 2 aromatic carbocycles. The second-order valence-electron chi connectivity index (χ2n) is 4.91. The Morgan fingerprint density at radius 3 is 2.08 bits per heavy atom. The first-order chi connectivity index (χ1) is 11.6. The maximum atomic E-state index is 14.1. The minimum Gasteiger partial charge on any atom is -0.508 e. The smallest absolute Gasteiger partial charge is 0.382 e. The van der Waals surface area contributed by atoms with Crippen molar-refractivity contribution in [3.8, 4) is 5.75 Å². The lowest BCUT2D eigenvalue weighted by atomic mass is 10.0. The molecule has 132 valence electrons. The van der Waals surface area contributed by atoms with Crippen LogP contribution in [0.3, 0.4) is 0 Å². The number of ether oxygens (including phenoxy) is 1. The summed E-state index contributed by atoms with van der Waals surface area (Å²) in [5, 5.41) is 18.3. The van der Waals surface area contributed by atoms with Gasteiger partial charge in [-0.05, 0) is 62.9 Å². The number of rotatable bonds is 5. The summed E-state index contributed by atoms with van der Waals surface area (Å²) in [6.45, 7) is 0.